The Labute approximate surface area is 73.6 Å². The van der Waals surface area contributed by atoms with Gasteiger partial charge >= 0.3 is 0 Å². The predicted octanol–water partition coefficient (Wildman–Crippen LogP) is 0.256. The van der Waals surface area contributed by atoms with Gasteiger partial charge in [0.2, 0.25) is 0 Å². The van der Waals surface area contributed by atoms with Gasteiger partial charge in [0.25, 0.3) is 0 Å². The maximum Gasteiger partial charge on any atom is 0.0622 e. The largest absolute Gasteiger partial charge is 0.395 e. The van der Waals surface area contributed by atoms with E-state index in [9.17, 15) is 0 Å². The molecule has 0 bridgehead atoms. The van der Waals surface area contributed by atoms with Crippen LogP contribution in [0.1, 0.15) is 6.42 Å². The number of aliphatic hydroxyl groups excluding tert-OH is 1. The van der Waals surface area contributed by atoms with E-state index in [1.54, 1.807) is 0 Å². The van der Waals surface area contributed by atoms with Gasteiger partial charge in [-0.15, -0.1) is 6.58 Å². The van der Waals surface area contributed by atoms with Crippen molar-refractivity contribution in [2.75, 3.05) is 32.9 Å². The van der Waals surface area contributed by atoms with Crippen LogP contribution in [0.15, 0.2) is 12.7 Å². The molecule has 0 amide bonds. The lowest BCUT2D eigenvalue weighted by molar-refractivity contribution is 0.133. The number of hydrogen-bond acceptors (Lipinski definition) is 3. The van der Waals surface area contributed by atoms with Gasteiger partial charge in [-0.1, -0.05) is 6.08 Å². The van der Waals surface area contributed by atoms with Crippen molar-refractivity contribution >= 4 is 0 Å². The van der Waals surface area contributed by atoms with E-state index in [0.29, 0.717) is 6.04 Å². The summed E-state index contributed by atoms with van der Waals surface area (Å²) in [6.45, 7) is 7.12. The molecule has 3 heteroatoms. The quantitative estimate of drug-likeness (QED) is 0.602. The van der Waals surface area contributed by atoms with Crippen molar-refractivity contribution in [3.05, 3.63) is 12.7 Å². The first-order chi connectivity index (χ1) is 5.88. The zero-order valence-corrected chi connectivity index (χ0v) is 7.41. The van der Waals surface area contributed by atoms with Crippen LogP contribution in [0.5, 0.6) is 0 Å². The Morgan fingerprint density at radius 1 is 1.67 bits per heavy atom. The van der Waals surface area contributed by atoms with Gasteiger partial charge in [0, 0.05) is 25.7 Å². The molecule has 1 rings (SSSR count). The molecule has 0 spiro atoms. The van der Waals surface area contributed by atoms with Crippen LogP contribution in [-0.4, -0.2) is 49.0 Å². The van der Waals surface area contributed by atoms with Crippen molar-refractivity contribution in [1.29, 1.82) is 0 Å². The number of hydrogen-bond donors (Lipinski definition) is 1. The molecule has 1 aliphatic rings. The van der Waals surface area contributed by atoms with Gasteiger partial charge in [0.05, 0.1) is 13.2 Å². The zero-order chi connectivity index (χ0) is 8.81. The van der Waals surface area contributed by atoms with E-state index in [1.807, 2.05) is 6.08 Å². The van der Waals surface area contributed by atoms with Crippen LogP contribution in [0.3, 0.4) is 0 Å². The van der Waals surface area contributed by atoms with Gasteiger partial charge in [0.1, 0.15) is 0 Å². The van der Waals surface area contributed by atoms with Gasteiger partial charge in [-0.2, -0.15) is 0 Å². The van der Waals surface area contributed by atoms with Gasteiger partial charge in [-0.25, -0.2) is 0 Å². The minimum absolute atomic E-state index is 0.213. The lowest BCUT2D eigenvalue weighted by Crippen LogP contribution is -2.37. The highest BCUT2D eigenvalue weighted by Gasteiger charge is 2.21. The van der Waals surface area contributed by atoms with E-state index in [-0.39, 0.29) is 6.61 Å². The highest BCUT2D eigenvalue weighted by Crippen LogP contribution is 2.11. The molecule has 1 aliphatic heterocycles. The summed E-state index contributed by atoms with van der Waals surface area (Å²) < 4.78 is 5.27. The van der Waals surface area contributed by atoms with Crippen LogP contribution in [0.4, 0.5) is 0 Å². The molecule has 0 aromatic heterocycles. The molecule has 70 valence electrons. The van der Waals surface area contributed by atoms with E-state index in [4.69, 9.17) is 9.84 Å². The number of rotatable bonds is 5. The zero-order valence-electron chi connectivity index (χ0n) is 7.41. The first-order valence-corrected chi connectivity index (χ1v) is 4.42. The molecule has 0 aromatic rings. The molecule has 0 aromatic carbocycles. The minimum Gasteiger partial charge on any atom is -0.395 e. The van der Waals surface area contributed by atoms with Crippen LogP contribution in [-0.2, 0) is 4.74 Å². The molecule has 0 radical (unpaired) electrons. The Bertz CT molecular complexity index is 132. The molecule has 12 heavy (non-hydrogen) atoms. The molecule has 0 aliphatic carbocycles. The van der Waals surface area contributed by atoms with Crippen LogP contribution in [0.25, 0.3) is 0 Å². The second-order valence-electron chi connectivity index (χ2n) is 3.02. The summed E-state index contributed by atoms with van der Waals surface area (Å²) in [5.41, 5.74) is 0. The maximum absolute atomic E-state index is 8.81. The van der Waals surface area contributed by atoms with Gasteiger partial charge in [-0.3, -0.25) is 4.90 Å². The summed E-state index contributed by atoms with van der Waals surface area (Å²) in [4.78, 5) is 2.21. The SMILES string of the molecule is C=CCN(CCO)C1CCOC1. The van der Waals surface area contributed by atoms with Crippen molar-refractivity contribution < 1.29 is 9.84 Å². The maximum atomic E-state index is 8.81. The third-order valence-electron chi connectivity index (χ3n) is 2.17. The fourth-order valence-corrected chi connectivity index (χ4v) is 1.53. The lowest BCUT2D eigenvalue weighted by Gasteiger charge is -2.25. The lowest BCUT2D eigenvalue weighted by atomic mass is 10.2. The second kappa shape index (κ2) is 5.30. The number of nitrogens with zero attached hydrogens (tertiary/aromatic N) is 1. The van der Waals surface area contributed by atoms with Crippen LogP contribution in [0, 0.1) is 0 Å². The van der Waals surface area contributed by atoms with Crippen LogP contribution >= 0.6 is 0 Å². The van der Waals surface area contributed by atoms with Crippen molar-refractivity contribution in [1.82, 2.24) is 4.90 Å². The predicted molar refractivity (Wildman–Crippen MR) is 48.1 cm³/mol. The minimum atomic E-state index is 0.213. The Hall–Kier alpha value is -0.380. The highest BCUT2D eigenvalue weighted by molar-refractivity contribution is 4.81. The van der Waals surface area contributed by atoms with E-state index >= 15 is 0 Å². The molecule has 0 saturated carbocycles. The van der Waals surface area contributed by atoms with Gasteiger partial charge in [0.15, 0.2) is 0 Å². The third-order valence-corrected chi connectivity index (χ3v) is 2.17. The standard InChI is InChI=1S/C9H17NO2/c1-2-4-10(5-6-11)9-3-7-12-8-9/h2,9,11H,1,3-8H2. The number of ether oxygens (including phenoxy) is 1. The summed E-state index contributed by atoms with van der Waals surface area (Å²) in [6.07, 6.45) is 2.95. The second-order valence-corrected chi connectivity index (χ2v) is 3.02. The molecular formula is C9H17NO2. The molecule has 1 N–H and O–H groups in total. The first kappa shape index (κ1) is 9.71. The Kier molecular flexibility index (Phi) is 4.29. The summed E-state index contributed by atoms with van der Waals surface area (Å²) >= 11 is 0. The molecule has 1 heterocycles. The topological polar surface area (TPSA) is 32.7 Å². The fraction of sp³-hybridized carbons (Fsp3) is 0.778. The smallest absolute Gasteiger partial charge is 0.0622 e. The Balaban J connectivity index is 2.33. The monoisotopic (exact) mass is 171 g/mol. The third kappa shape index (κ3) is 2.59. The van der Waals surface area contributed by atoms with E-state index in [0.717, 1.165) is 32.7 Å². The molecule has 3 nitrogen and oxygen atoms in total. The molecule has 1 unspecified atom stereocenters. The fourth-order valence-electron chi connectivity index (χ4n) is 1.53. The summed E-state index contributed by atoms with van der Waals surface area (Å²) in [5, 5.41) is 8.81. The highest BCUT2D eigenvalue weighted by atomic mass is 16.5. The van der Waals surface area contributed by atoms with Gasteiger partial charge in [-0.05, 0) is 6.42 Å². The summed E-state index contributed by atoms with van der Waals surface area (Å²) in [7, 11) is 0. The average molecular weight is 171 g/mol. The number of aliphatic hydroxyl groups is 1. The van der Waals surface area contributed by atoms with Crippen LogP contribution in [0.2, 0.25) is 0 Å². The molecule has 1 saturated heterocycles. The van der Waals surface area contributed by atoms with E-state index in [1.165, 1.54) is 0 Å². The van der Waals surface area contributed by atoms with Crippen molar-refractivity contribution in [2.24, 2.45) is 0 Å². The summed E-state index contributed by atoms with van der Waals surface area (Å²) in [5.74, 6) is 0. The molecule has 1 fully saturated rings. The normalized spacial score (nSPS) is 23.3. The Morgan fingerprint density at radius 2 is 2.50 bits per heavy atom. The summed E-state index contributed by atoms with van der Waals surface area (Å²) in [6, 6.07) is 0.482. The van der Waals surface area contributed by atoms with E-state index in [2.05, 4.69) is 11.5 Å². The Morgan fingerprint density at radius 3 is 3.00 bits per heavy atom. The molecular weight excluding hydrogens is 154 g/mol. The van der Waals surface area contributed by atoms with Crippen LogP contribution < -0.4 is 0 Å². The van der Waals surface area contributed by atoms with Crippen molar-refractivity contribution in [2.45, 2.75) is 12.5 Å². The average Bonchev–Trinajstić information content (AvgIpc) is 2.56. The van der Waals surface area contributed by atoms with Crippen molar-refractivity contribution in [3.8, 4) is 0 Å². The van der Waals surface area contributed by atoms with E-state index < -0.39 is 0 Å². The van der Waals surface area contributed by atoms with Crippen molar-refractivity contribution in [3.63, 3.8) is 0 Å². The first-order valence-electron chi connectivity index (χ1n) is 4.42. The van der Waals surface area contributed by atoms with Gasteiger partial charge < -0.3 is 9.84 Å². The molecule has 1 atom stereocenters.